The largest absolute Gasteiger partial charge is 0.379 e. The molecule has 3 atom stereocenters. The number of nitrogens with zero attached hydrogens (tertiary/aromatic N) is 2. The van der Waals surface area contributed by atoms with E-state index in [1.54, 1.807) is 0 Å². The van der Waals surface area contributed by atoms with Gasteiger partial charge in [0.05, 0.1) is 13.2 Å². The van der Waals surface area contributed by atoms with Crippen LogP contribution in [-0.4, -0.2) is 61.1 Å². The Morgan fingerprint density at radius 1 is 1.16 bits per heavy atom. The Balaban J connectivity index is 0.00000156. The fraction of sp³-hybridized carbons (Fsp3) is 0.611. The molecule has 3 rings (SSSR count). The van der Waals surface area contributed by atoms with Gasteiger partial charge in [0.1, 0.15) is 5.54 Å². The van der Waals surface area contributed by atoms with E-state index in [4.69, 9.17) is 10.5 Å². The Morgan fingerprint density at radius 2 is 1.76 bits per heavy atom. The number of hydrogen-bond donors (Lipinski definition) is 1. The van der Waals surface area contributed by atoms with E-state index in [0.717, 1.165) is 45.0 Å². The van der Waals surface area contributed by atoms with E-state index >= 15 is 0 Å². The molecule has 0 spiro atoms. The fourth-order valence-electron chi connectivity index (χ4n) is 3.74. The predicted molar refractivity (Wildman–Crippen MR) is 104 cm³/mol. The number of morpholine rings is 1. The minimum Gasteiger partial charge on any atom is -0.379 e. The van der Waals surface area contributed by atoms with Gasteiger partial charge in [0.15, 0.2) is 0 Å². The average molecular weight is 390 g/mol. The Morgan fingerprint density at radius 3 is 2.36 bits per heavy atom. The van der Waals surface area contributed by atoms with Crippen molar-refractivity contribution in [2.45, 2.75) is 25.4 Å². The van der Waals surface area contributed by atoms with Crippen LogP contribution in [-0.2, 0) is 15.1 Å². The van der Waals surface area contributed by atoms with Gasteiger partial charge in [-0.1, -0.05) is 37.3 Å². The molecule has 5 nitrogen and oxygen atoms in total. The van der Waals surface area contributed by atoms with Crippen LogP contribution in [0, 0.1) is 5.92 Å². The van der Waals surface area contributed by atoms with Crippen LogP contribution in [0.4, 0.5) is 0 Å². The molecule has 0 bridgehead atoms. The number of ether oxygens (including phenoxy) is 1. The molecule has 2 aliphatic rings. The van der Waals surface area contributed by atoms with Gasteiger partial charge in [0, 0.05) is 32.2 Å². The second kappa shape index (κ2) is 9.19. The molecule has 1 amide bonds. The number of carbonyl (C=O) groups is 1. The molecule has 2 fully saturated rings. The van der Waals surface area contributed by atoms with E-state index in [9.17, 15) is 4.79 Å². The first-order chi connectivity index (χ1) is 11.0. The highest BCUT2D eigenvalue weighted by atomic mass is 35.5. The van der Waals surface area contributed by atoms with E-state index in [0.29, 0.717) is 12.0 Å². The van der Waals surface area contributed by atoms with E-state index < -0.39 is 5.54 Å². The molecule has 2 heterocycles. The summed E-state index contributed by atoms with van der Waals surface area (Å²) in [5, 5.41) is 0. The van der Waals surface area contributed by atoms with Gasteiger partial charge < -0.3 is 15.4 Å². The van der Waals surface area contributed by atoms with Crippen LogP contribution in [0.5, 0.6) is 0 Å². The van der Waals surface area contributed by atoms with E-state index in [-0.39, 0.29) is 30.7 Å². The zero-order valence-electron chi connectivity index (χ0n) is 14.9. The molecule has 0 saturated carbocycles. The molecule has 0 aliphatic carbocycles. The fourth-order valence-corrected chi connectivity index (χ4v) is 3.74. The standard InChI is InChI=1S/C18H27N3O2.2ClH/c1-14-12-21(13-16(14)20-8-10-23-11-9-20)17(22)18(2,19)15-6-4-3-5-7-15;;/h3-7,14,16H,8-13,19H2,1-2H3;2*1H. The van der Waals surface area contributed by atoms with E-state index in [2.05, 4.69) is 11.8 Å². The van der Waals surface area contributed by atoms with Gasteiger partial charge in [-0.15, -0.1) is 24.8 Å². The van der Waals surface area contributed by atoms with Crippen molar-refractivity contribution in [3.05, 3.63) is 35.9 Å². The number of rotatable bonds is 3. The molecule has 2 aliphatic heterocycles. The molecule has 0 radical (unpaired) electrons. The first-order valence-corrected chi connectivity index (χ1v) is 8.45. The third-order valence-electron chi connectivity index (χ3n) is 5.19. The highest BCUT2D eigenvalue weighted by Crippen LogP contribution is 2.27. The lowest BCUT2D eigenvalue weighted by molar-refractivity contribution is -0.136. The topological polar surface area (TPSA) is 58.8 Å². The van der Waals surface area contributed by atoms with Gasteiger partial charge in [-0.3, -0.25) is 9.69 Å². The van der Waals surface area contributed by atoms with E-state index in [1.165, 1.54) is 0 Å². The maximum Gasteiger partial charge on any atom is 0.247 e. The second-order valence-electron chi connectivity index (χ2n) is 6.97. The first-order valence-electron chi connectivity index (χ1n) is 8.45. The normalized spacial score (nSPS) is 26.3. The summed E-state index contributed by atoms with van der Waals surface area (Å²) in [5.74, 6) is 0.481. The monoisotopic (exact) mass is 389 g/mol. The van der Waals surface area contributed by atoms with Crippen LogP contribution >= 0.6 is 24.8 Å². The summed E-state index contributed by atoms with van der Waals surface area (Å²) in [5.41, 5.74) is 6.30. The number of nitrogens with two attached hydrogens (primary N) is 1. The maximum atomic E-state index is 13.0. The SMILES string of the molecule is CC1CN(C(=O)C(C)(N)c2ccccc2)CC1N1CCOCC1.Cl.Cl. The van der Waals surface area contributed by atoms with Gasteiger partial charge in [0.2, 0.25) is 5.91 Å². The van der Waals surface area contributed by atoms with Crippen molar-refractivity contribution in [3.63, 3.8) is 0 Å². The number of hydrogen-bond acceptors (Lipinski definition) is 4. The van der Waals surface area contributed by atoms with Gasteiger partial charge in [-0.2, -0.15) is 0 Å². The predicted octanol–water partition coefficient (Wildman–Crippen LogP) is 1.88. The molecule has 0 aromatic heterocycles. The van der Waals surface area contributed by atoms with Crippen LogP contribution < -0.4 is 5.73 Å². The lowest BCUT2D eigenvalue weighted by Gasteiger charge is -2.34. The summed E-state index contributed by atoms with van der Waals surface area (Å²) in [6, 6.07) is 10.1. The summed E-state index contributed by atoms with van der Waals surface area (Å²) in [4.78, 5) is 17.4. The lowest BCUT2D eigenvalue weighted by Crippen LogP contribution is -2.51. The highest BCUT2D eigenvalue weighted by Gasteiger charge is 2.42. The zero-order valence-corrected chi connectivity index (χ0v) is 16.5. The van der Waals surface area contributed by atoms with Crippen LogP contribution in [0.1, 0.15) is 19.4 Å². The lowest BCUT2D eigenvalue weighted by atomic mass is 9.92. The summed E-state index contributed by atoms with van der Waals surface area (Å²) >= 11 is 0. The minimum atomic E-state index is -0.971. The molecule has 25 heavy (non-hydrogen) atoms. The minimum absolute atomic E-state index is 0. The number of halogens is 2. The van der Waals surface area contributed by atoms with Gasteiger partial charge in [-0.05, 0) is 18.4 Å². The first kappa shape index (κ1) is 22.2. The van der Waals surface area contributed by atoms with Crippen molar-refractivity contribution < 1.29 is 9.53 Å². The van der Waals surface area contributed by atoms with Crippen molar-refractivity contribution in [1.82, 2.24) is 9.80 Å². The summed E-state index contributed by atoms with van der Waals surface area (Å²) in [6.07, 6.45) is 0. The zero-order chi connectivity index (χ0) is 16.4. The molecule has 1 aromatic rings. The molecular formula is C18H29Cl2N3O2. The van der Waals surface area contributed by atoms with E-state index in [1.807, 2.05) is 42.2 Å². The Hall–Kier alpha value is -0.850. The van der Waals surface area contributed by atoms with Gasteiger partial charge in [0.25, 0.3) is 0 Å². The van der Waals surface area contributed by atoms with Gasteiger partial charge >= 0.3 is 0 Å². The Bertz CT molecular complexity index is 551. The molecule has 3 unspecified atom stereocenters. The van der Waals surface area contributed by atoms with Crippen molar-refractivity contribution >= 4 is 30.7 Å². The van der Waals surface area contributed by atoms with Crippen molar-refractivity contribution in [1.29, 1.82) is 0 Å². The van der Waals surface area contributed by atoms with Crippen molar-refractivity contribution in [3.8, 4) is 0 Å². The number of benzene rings is 1. The second-order valence-corrected chi connectivity index (χ2v) is 6.97. The number of carbonyl (C=O) groups excluding carboxylic acids is 1. The third-order valence-corrected chi connectivity index (χ3v) is 5.19. The highest BCUT2D eigenvalue weighted by molar-refractivity contribution is 5.87. The average Bonchev–Trinajstić information content (AvgIpc) is 2.97. The van der Waals surface area contributed by atoms with Gasteiger partial charge in [-0.25, -0.2) is 0 Å². The number of amides is 1. The smallest absolute Gasteiger partial charge is 0.247 e. The Labute approximate surface area is 162 Å². The molecule has 1 aromatic carbocycles. The summed E-state index contributed by atoms with van der Waals surface area (Å²) in [6.45, 7) is 9.07. The van der Waals surface area contributed by atoms with Crippen LogP contribution in [0.3, 0.4) is 0 Å². The van der Waals surface area contributed by atoms with Crippen LogP contribution in [0.25, 0.3) is 0 Å². The molecule has 7 heteroatoms. The summed E-state index contributed by atoms with van der Waals surface area (Å²) < 4.78 is 5.44. The van der Waals surface area contributed by atoms with Crippen LogP contribution in [0.2, 0.25) is 0 Å². The maximum absolute atomic E-state index is 13.0. The van der Waals surface area contributed by atoms with Crippen molar-refractivity contribution in [2.75, 3.05) is 39.4 Å². The molecular weight excluding hydrogens is 361 g/mol. The van der Waals surface area contributed by atoms with Crippen molar-refractivity contribution in [2.24, 2.45) is 11.7 Å². The summed E-state index contributed by atoms with van der Waals surface area (Å²) in [7, 11) is 0. The Kier molecular flexibility index (Phi) is 8.16. The van der Waals surface area contributed by atoms with Crippen LogP contribution in [0.15, 0.2) is 30.3 Å². The number of likely N-dealkylation sites (tertiary alicyclic amines) is 1. The molecule has 2 saturated heterocycles. The third kappa shape index (κ3) is 4.66. The quantitative estimate of drug-likeness (QED) is 0.857. The molecule has 2 N–H and O–H groups in total. The molecule has 142 valence electrons.